The third-order valence-corrected chi connectivity index (χ3v) is 13.8. The zero-order valence-electron chi connectivity index (χ0n) is 41.8. The van der Waals surface area contributed by atoms with Crippen molar-refractivity contribution in [2.75, 3.05) is 23.2 Å². The average molecular weight is 999 g/mol. The van der Waals surface area contributed by atoms with Crippen LogP contribution in [0.5, 0.6) is 11.5 Å². The lowest BCUT2D eigenvalue weighted by molar-refractivity contribution is -0.115. The van der Waals surface area contributed by atoms with Crippen LogP contribution < -0.4 is 19.5 Å². The molecule has 2 aliphatic heterocycles. The second kappa shape index (κ2) is 27.5. The van der Waals surface area contributed by atoms with E-state index in [1.165, 1.54) is 97.1 Å². The average Bonchev–Trinajstić information content (AvgIpc) is 3.83. The molecule has 4 aromatic rings. The largest absolute Gasteiger partial charge is 0.490 e. The summed E-state index contributed by atoms with van der Waals surface area (Å²) in [6.45, 7) is 18.0. The van der Waals surface area contributed by atoms with Crippen molar-refractivity contribution in [3.05, 3.63) is 119 Å². The summed E-state index contributed by atoms with van der Waals surface area (Å²) in [6, 6.07) is 24.9. The van der Waals surface area contributed by atoms with Gasteiger partial charge in [-0.25, -0.2) is 0 Å². The number of amides is 2. The first-order valence-corrected chi connectivity index (χ1v) is 27.2. The normalized spacial score (nSPS) is 15.0. The molecule has 0 saturated heterocycles. The highest BCUT2D eigenvalue weighted by atomic mass is 32.2. The number of rotatable bonds is 21. The third-order valence-electron chi connectivity index (χ3n) is 12.1. The van der Waals surface area contributed by atoms with Crippen LogP contribution >= 0.6 is 0 Å². The fraction of sp³-hybridized carbons (Fsp3) is 0.407. The van der Waals surface area contributed by atoms with Gasteiger partial charge in [-0.2, -0.15) is 37.1 Å². The molecule has 378 valence electrons. The second-order valence-electron chi connectivity index (χ2n) is 16.9. The van der Waals surface area contributed by atoms with Gasteiger partial charge in [0.1, 0.15) is 24.7 Å². The number of ether oxygens (including phenoxy) is 2. The van der Waals surface area contributed by atoms with Crippen LogP contribution in [0, 0.1) is 11.8 Å². The van der Waals surface area contributed by atoms with Gasteiger partial charge in [-0.1, -0.05) is 131 Å². The summed E-state index contributed by atoms with van der Waals surface area (Å²) < 4.78 is 75.9. The van der Waals surface area contributed by atoms with Crippen LogP contribution in [0.15, 0.2) is 128 Å². The lowest BCUT2D eigenvalue weighted by Crippen LogP contribution is -2.21. The molecule has 0 radical (unpaired) electrons. The Morgan fingerprint density at radius 1 is 0.486 bits per heavy atom. The van der Waals surface area contributed by atoms with Crippen LogP contribution in [0.2, 0.25) is 0 Å². The molecule has 0 spiro atoms. The van der Waals surface area contributed by atoms with E-state index >= 15 is 0 Å². The number of carbonyl (C=O) groups excluding carboxylic acids is 2. The maximum Gasteiger partial charge on any atom is 0.294 e. The Kier molecular flexibility index (Phi) is 22.2. The third kappa shape index (κ3) is 16.3. The van der Waals surface area contributed by atoms with Crippen LogP contribution in [0.25, 0.3) is 12.2 Å². The van der Waals surface area contributed by atoms with Gasteiger partial charge in [0.05, 0.1) is 43.7 Å². The highest BCUT2D eigenvalue weighted by molar-refractivity contribution is 7.86. The highest BCUT2D eigenvalue weighted by Gasteiger charge is 2.32. The van der Waals surface area contributed by atoms with Crippen LogP contribution in [-0.2, 0) is 29.8 Å². The number of carbonyl (C=O) groups is 2. The van der Waals surface area contributed by atoms with Crippen molar-refractivity contribution in [3.8, 4) is 11.5 Å². The van der Waals surface area contributed by atoms with Gasteiger partial charge in [0.25, 0.3) is 32.1 Å². The summed E-state index contributed by atoms with van der Waals surface area (Å²) in [4.78, 5) is 26.2. The summed E-state index contributed by atoms with van der Waals surface area (Å²) in [5.74, 6) is 2.47. The topological polar surface area (TPSA) is 193 Å². The van der Waals surface area contributed by atoms with E-state index in [0.29, 0.717) is 58.3 Å². The predicted molar refractivity (Wildman–Crippen MR) is 281 cm³/mol. The number of nitrogens with zero attached hydrogens (tertiary/aromatic N) is 4. The minimum absolute atomic E-state index is 0.260. The molecule has 2 aliphatic rings. The van der Waals surface area contributed by atoms with Crippen molar-refractivity contribution < 1.29 is 45.0 Å². The first-order valence-electron chi connectivity index (χ1n) is 24.3. The van der Waals surface area contributed by atoms with E-state index in [2.05, 4.69) is 51.7 Å². The molecule has 14 nitrogen and oxygen atoms in total. The molecular formula is C54H70N4O10S2. The molecule has 0 unspecified atom stereocenters. The first kappa shape index (κ1) is 56.6. The number of hydrogen-bond acceptors (Lipinski definition) is 10. The van der Waals surface area contributed by atoms with E-state index in [9.17, 15) is 35.5 Å². The minimum atomic E-state index is -4.37. The van der Waals surface area contributed by atoms with E-state index in [-0.39, 0.29) is 34.8 Å². The Hall–Kier alpha value is -5.94. The van der Waals surface area contributed by atoms with Gasteiger partial charge in [0, 0.05) is 0 Å². The van der Waals surface area contributed by atoms with Crippen LogP contribution in [-0.4, -0.2) is 62.4 Å². The summed E-state index contributed by atoms with van der Waals surface area (Å²) in [7, 11) is -8.74. The van der Waals surface area contributed by atoms with Gasteiger partial charge in [0.2, 0.25) is 0 Å². The molecule has 16 heteroatoms. The number of hydrogen-bond donors (Lipinski definition) is 2. The Balaban J connectivity index is 0.000000664. The van der Waals surface area contributed by atoms with Gasteiger partial charge in [0.15, 0.2) is 0 Å². The number of benzene rings is 4. The molecule has 0 aliphatic carbocycles. The van der Waals surface area contributed by atoms with E-state index in [0.717, 1.165) is 35.8 Å². The van der Waals surface area contributed by atoms with Crippen molar-refractivity contribution in [2.45, 2.75) is 129 Å². The zero-order chi connectivity index (χ0) is 51.4. The minimum Gasteiger partial charge on any atom is -0.490 e. The van der Waals surface area contributed by atoms with Crippen molar-refractivity contribution in [3.63, 3.8) is 0 Å². The van der Waals surface area contributed by atoms with Gasteiger partial charge >= 0.3 is 0 Å². The van der Waals surface area contributed by atoms with Crippen molar-refractivity contribution in [1.82, 2.24) is 0 Å². The van der Waals surface area contributed by atoms with Gasteiger partial charge in [-0.3, -0.25) is 18.7 Å². The lowest BCUT2D eigenvalue weighted by Gasteiger charge is -2.12. The number of hydrazone groups is 2. The SMILES string of the molecule is CCC(CC)CC.CCC(CC)CC.CCCC1=NN(c2ccc(S(=O)(=O)O)cc2)C(=O)C1=Cc1ccc(OCCOc2ccc(C=C3C(=O)N(c4ccc(S(=O)(=O)O)cc4)N=C3CCC)cc2)cc1. The molecule has 0 atom stereocenters. The Morgan fingerprint density at radius 2 is 0.786 bits per heavy atom. The molecular weight excluding hydrogens is 929 g/mol. The van der Waals surface area contributed by atoms with Crippen molar-refractivity contribution >= 4 is 67.0 Å². The predicted octanol–water partition coefficient (Wildman–Crippen LogP) is 12.5. The molecule has 0 aromatic heterocycles. The highest BCUT2D eigenvalue weighted by Crippen LogP contribution is 2.30. The maximum absolute atomic E-state index is 13.4. The quantitative estimate of drug-likeness (QED) is 0.0461. The van der Waals surface area contributed by atoms with E-state index in [4.69, 9.17) is 9.47 Å². The standard InChI is InChI=1S/C40H38N4O10S2.2C7H16/c1-3-5-37-35(39(45)43(41-37)29-11-19-33(20-12-29)55(47,48)49)25-27-7-15-31(16-8-27)53-23-24-54-32-17-9-28(10-18-32)26-36-38(6-4-2)42-44(40(36)46)30-13-21-34(22-14-30)56(50,51)52;2*1-4-7(5-2)6-3/h7-22,25-26H,3-6,23-24H2,1-2H3,(H,47,48,49)(H,50,51,52);2*7H,4-6H2,1-3H3. The summed E-state index contributed by atoms with van der Waals surface area (Å²) in [5.41, 5.74) is 4.32. The molecule has 2 heterocycles. The maximum atomic E-state index is 13.4. The molecule has 6 rings (SSSR count). The Morgan fingerprint density at radius 3 is 1.03 bits per heavy atom. The summed E-state index contributed by atoms with van der Waals surface area (Å²) >= 11 is 0. The van der Waals surface area contributed by atoms with E-state index < -0.39 is 20.2 Å². The first-order chi connectivity index (χ1) is 33.4. The van der Waals surface area contributed by atoms with Crippen molar-refractivity contribution in [2.24, 2.45) is 22.0 Å². The fourth-order valence-electron chi connectivity index (χ4n) is 7.62. The number of anilines is 2. The second-order valence-corrected chi connectivity index (χ2v) is 19.7. The van der Waals surface area contributed by atoms with Crippen molar-refractivity contribution in [1.29, 1.82) is 0 Å². The van der Waals surface area contributed by atoms with Crippen LogP contribution in [0.1, 0.15) is 131 Å². The van der Waals surface area contributed by atoms with Crippen LogP contribution in [0.3, 0.4) is 0 Å². The van der Waals surface area contributed by atoms with E-state index in [1.807, 2.05) is 38.1 Å². The van der Waals surface area contributed by atoms with Gasteiger partial charge in [-0.15, -0.1) is 0 Å². The van der Waals surface area contributed by atoms with Gasteiger partial charge < -0.3 is 9.47 Å². The Bertz CT molecular complexity index is 2470. The molecule has 0 saturated carbocycles. The lowest BCUT2D eigenvalue weighted by atomic mass is 10.0. The molecule has 4 aromatic carbocycles. The molecule has 2 amide bonds. The smallest absolute Gasteiger partial charge is 0.294 e. The zero-order valence-corrected chi connectivity index (χ0v) is 43.4. The van der Waals surface area contributed by atoms with Crippen LogP contribution in [0.4, 0.5) is 11.4 Å². The van der Waals surface area contributed by atoms with Gasteiger partial charge in [-0.05, 0) is 121 Å². The summed E-state index contributed by atoms with van der Waals surface area (Å²) in [5, 5.41) is 11.4. The summed E-state index contributed by atoms with van der Waals surface area (Å²) in [6.07, 6.45) is 14.3. The monoisotopic (exact) mass is 998 g/mol. The fourth-order valence-corrected chi connectivity index (χ4v) is 8.58. The molecule has 0 bridgehead atoms. The molecule has 70 heavy (non-hydrogen) atoms. The molecule has 2 N–H and O–H groups in total. The molecule has 0 fully saturated rings. The Labute approximate surface area is 415 Å². The van der Waals surface area contributed by atoms with E-state index in [1.54, 1.807) is 36.4 Å².